The Bertz CT molecular complexity index is 518. The van der Waals surface area contributed by atoms with E-state index >= 15 is 0 Å². The number of hydrogen-bond donors (Lipinski definition) is 2. The molecule has 0 radical (unpaired) electrons. The molecule has 4 heteroatoms. The van der Waals surface area contributed by atoms with Gasteiger partial charge in [0, 0.05) is 5.57 Å². The zero-order valence-corrected chi connectivity index (χ0v) is 15.0. The first-order valence-corrected chi connectivity index (χ1v) is 8.37. The van der Waals surface area contributed by atoms with Crippen LogP contribution < -0.4 is 0 Å². The predicted octanol–water partition coefficient (Wildman–Crippen LogP) is 4.37. The highest BCUT2D eigenvalue weighted by Gasteiger charge is 2.06. The zero-order chi connectivity index (χ0) is 18.4. The van der Waals surface area contributed by atoms with Crippen molar-refractivity contribution in [3.05, 3.63) is 46.6 Å². The van der Waals surface area contributed by atoms with Crippen molar-refractivity contribution in [1.29, 1.82) is 0 Å². The molecule has 0 aromatic heterocycles. The van der Waals surface area contributed by atoms with Crippen LogP contribution in [0.3, 0.4) is 0 Å². The summed E-state index contributed by atoms with van der Waals surface area (Å²) in [5, 5.41) is 18.0. The third-order valence-electron chi connectivity index (χ3n) is 3.60. The van der Waals surface area contributed by atoms with Crippen molar-refractivity contribution in [3.63, 3.8) is 0 Å². The molecule has 0 spiro atoms. The van der Waals surface area contributed by atoms with Gasteiger partial charge in [0.25, 0.3) is 0 Å². The minimum atomic E-state index is -0.913. The summed E-state index contributed by atoms with van der Waals surface area (Å²) in [6.07, 6.45) is 12.1. The van der Waals surface area contributed by atoms with Crippen molar-refractivity contribution in [3.8, 4) is 0 Å². The number of allylic oxidation sites excluding steroid dienone is 6. The van der Waals surface area contributed by atoms with Crippen LogP contribution in [-0.4, -0.2) is 29.1 Å². The van der Waals surface area contributed by atoms with E-state index in [0.29, 0.717) is 31.3 Å². The Morgan fingerprint density at radius 1 is 0.875 bits per heavy atom. The summed E-state index contributed by atoms with van der Waals surface area (Å²) in [6.45, 7) is 5.96. The topological polar surface area (TPSA) is 74.6 Å². The summed E-state index contributed by atoms with van der Waals surface area (Å²) in [5.74, 6) is -0.913. The van der Waals surface area contributed by atoms with Crippen LogP contribution in [0.2, 0.25) is 0 Å². The monoisotopic (exact) mass is 334 g/mol. The minimum Gasteiger partial charge on any atom is -0.478 e. The van der Waals surface area contributed by atoms with E-state index in [4.69, 9.17) is 5.11 Å². The summed E-state index contributed by atoms with van der Waals surface area (Å²) < 4.78 is 0. The van der Waals surface area contributed by atoms with Crippen LogP contribution >= 0.6 is 0 Å². The molecule has 134 valence electrons. The molecular formula is C20H30O4. The first-order chi connectivity index (χ1) is 11.4. The molecule has 0 aliphatic rings. The quantitative estimate of drug-likeness (QED) is 0.316. The number of carboxylic acid groups (broad SMARTS) is 1. The van der Waals surface area contributed by atoms with Crippen molar-refractivity contribution in [1.82, 2.24) is 0 Å². The Hall–Kier alpha value is -1.94. The van der Waals surface area contributed by atoms with Crippen molar-refractivity contribution < 1.29 is 19.8 Å². The van der Waals surface area contributed by atoms with E-state index in [-0.39, 0.29) is 6.61 Å². The maximum Gasteiger partial charge on any atom is 0.331 e. The molecule has 4 nitrogen and oxygen atoms in total. The van der Waals surface area contributed by atoms with Gasteiger partial charge in [-0.2, -0.15) is 0 Å². The van der Waals surface area contributed by atoms with E-state index in [1.165, 1.54) is 5.57 Å². The van der Waals surface area contributed by atoms with E-state index in [9.17, 15) is 14.7 Å². The molecule has 24 heavy (non-hydrogen) atoms. The van der Waals surface area contributed by atoms with Crippen LogP contribution in [0, 0.1) is 0 Å². The number of carbonyl (C=O) groups excluding carboxylic acids is 1. The molecule has 0 unspecified atom stereocenters. The second-order valence-electron chi connectivity index (χ2n) is 6.06. The Morgan fingerprint density at radius 3 is 2.04 bits per heavy atom. The molecule has 0 heterocycles. The molecule has 0 fully saturated rings. The molecule has 0 bridgehead atoms. The van der Waals surface area contributed by atoms with Crippen LogP contribution in [-0.2, 0) is 9.59 Å². The standard InChI is InChI=1S/C20H30O4/c1-16(2)7-4-9-18(15-22)10-6-12-19(20(23)24)11-5-8-17(3)13-14-21/h7,10-11,13,15,21H,4-6,8-9,12,14H2,1-3H3,(H,23,24). The lowest BCUT2D eigenvalue weighted by molar-refractivity contribution is -0.132. The first kappa shape index (κ1) is 22.1. The predicted molar refractivity (Wildman–Crippen MR) is 97.8 cm³/mol. The van der Waals surface area contributed by atoms with Gasteiger partial charge in [-0.3, -0.25) is 4.79 Å². The lowest BCUT2D eigenvalue weighted by Gasteiger charge is -2.03. The van der Waals surface area contributed by atoms with E-state index in [0.717, 1.165) is 30.3 Å². The minimum absolute atomic E-state index is 0.00729. The fourth-order valence-corrected chi connectivity index (χ4v) is 2.18. The number of aliphatic hydroxyl groups is 1. The van der Waals surface area contributed by atoms with Gasteiger partial charge in [0.05, 0.1) is 6.61 Å². The van der Waals surface area contributed by atoms with E-state index in [1.54, 1.807) is 12.2 Å². The van der Waals surface area contributed by atoms with Crippen molar-refractivity contribution in [2.75, 3.05) is 6.61 Å². The third kappa shape index (κ3) is 11.6. The molecule has 0 amide bonds. The molecule has 0 aliphatic carbocycles. The molecule has 0 rings (SSSR count). The number of hydrogen-bond acceptors (Lipinski definition) is 3. The number of aliphatic carboxylic acids is 1. The summed E-state index contributed by atoms with van der Waals surface area (Å²) in [6, 6.07) is 0. The lowest BCUT2D eigenvalue weighted by Crippen LogP contribution is -2.00. The summed E-state index contributed by atoms with van der Waals surface area (Å²) in [4.78, 5) is 22.3. The average molecular weight is 334 g/mol. The van der Waals surface area contributed by atoms with Gasteiger partial charge in [0.15, 0.2) is 0 Å². The lowest BCUT2D eigenvalue weighted by atomic mass is 10.0. The summed E-state index contributed by atoms with van der Waals surface area (Å²) in [5.41, 5.74) is 3.36. The van der Waals surface area contributed by atoms with Crippen molar-refractivity contribution in [2.24, 2.45) is 0 Å². The van der Waals surface area contributed by atoms with Crippen molar-refractivity contribution >= 4 is 12.3 Å². The summed E-state index contributed by atoms with van der Waals surface area (Å²) in [7, 11) is 0. The van der Waals surface area contributed by atoms with Gasteiger partial charge in [0.2, 0.25) is 0 Å². The maximum atomic E-state index is 11.3. The zero-order valence-electron chi connectivity index (χ0n) is 15.0. The van der Waals surface area contributed by atoms with Crippen molar-refractivity contribution in [2.45, 2.75) is 59.3 Å². The average Bonchev–Trinajstić information content (AvgIpc) is 2.51. The SMILES string of the molecule is CC(C)=CCCC(C=O)=CCCC(=CCCC(C)=CCO)C(=O)O. The van der Waals surface area contributed by atoms with Gasteiger partial charge in [-0.25, -0.2) is 4.79 Å². The Labute approximate surface area is 145 Å². The molecule has 0 saturated heterocycles. The number of rotatable bonds is 12. The molecule has 0 saturated carbocycles. The van der Waals surface area contributed by atoms with E-state index in [1.807, 2.05) is 26.8 Å². The van der Waals surface area contributed by atoms with Gasteiger partial charge in [-0.1, -0.05) is 35.5 Å². The maximum absolute atomic E-state index is 11.3. The van der Waals surface area contributed by atoms with Crippen LogP contribution in [0.4, 0.5) is 0 Å². The van der Waals surface area contributed by atoms with Crippen LogP contribution in [0.1, 0.15) is 59.3 Å². The van der Waals surface area contributed by atoms with Gasteiger partial charge >= 0.3 is 5.97 Å². The van der Waals surface area contributed by atoms with Crippen LogP contribution in [0.25, 0.3) is 0 Å². The fourth-order valence-electron chi connectivity index (χ4n) is 2.18. The Kier molecular flexibility index (Phi) is 12.4. The van der Waals surface area contributed by atoms with Gasteiger partial charge in [-0.15, -0.1) is 0 Å². The molecular weight excluding hydrogens is 304 g/mol. The normalized spacial score (nSPS) is 12.9. The summed E-state index contributed by atoms with van der Waals surface area (Å²) >= 11 is 0. The smallest absolute Gasteiger partial charge is 0.331 e. The molecule has 0 aromatic carbocycles. The number of carboxylic acids is 1. The third-order valence-corrected chi connectivity index (χ3v) is 3.60. The number of carbonyl (C=O) groups is 2. The molecule has 0 aliphatic heterocycles. The van der Waals surface area contributed by atoms with Crippen LogP contribution in [0.5, 0.6) is 0 Å². The highest BCUT2D eigenvalue weighted by Crippen LogP contribution is 2.13. The fraction of sp³-hybridized carbons (Fsp3) is 0.500. The molecule has 0 atom stereocenters. The Morgan fingerprint density at radius 2 is 1.50 bits per heavy atom. The molecule has 0 aromatic rings. The highest BCUT2D eigenvalue weighted by atomic mass is 16.4. The van der Waals surface area contributed by atoms with Crippen LogP contribution in [0.15, 0.2) is 46.6 Å². The number of aliphatic hydroxyl groups excluding tert-OH is 1. The highest BCUT2D eigenvalue weighted by molar-refractivity contribution is 5.86. The van der Waals surface area contributed by atoms with Gasteiger partial charge in [-0.05, 0) is 64.9 Å². The van der Waals surface area contributed by atoms with Gasteiger partial charge < -0.3 is 10.2 Å². The second kappa shape index (κ2) is 13.5. The number of aldehydes is 1. The first-order valence-electron chi connectivity index (χ1n) is 8.37. The van der Waals surface area contributed by atoms with E-state index in [2.05, 4.69) is 6.08 Å². The van der Waals surface area contributed by atoms with Gasteiger partial charge in [0.1, 0.15) is 6.29 Å². The second-order valence-corrected chi connectivity index (χ2v) is 6.06. The Balaban J connectivity index is 4.53. The van der Waals surface area contributed by atoms with E-state index < -0.39 is 5.97 Å². The largest absolute Gasteiger partial charge is 0.478 e. The molecule has 2 N–H and O–H groups in total.